The molecule has 0 amide bonds. The van der Waals surface area contributed by atoms with Gasteiger partial charge in [0, 0.05) is 29.4 Å². The molecule has 0 saturated heterocycles. The van der Waals surface area contributed by atoms with Crippen LogP contribution in [-0.2, 0) is 12.8 Å². The summed E-state index contributed by atoms with van der Waals surface area (Å²) in [5.74, 6) is 0.981. The Morgan fingerprint density at radius 2 is 2.20 bits per heavy atom. The number of fused-ring (bicyclic) bond motifs is 1. The molecule has 0 spiro atoms. The maximum Gasteiger partial charge on any atom is 0.156 e. The van der Waals surface area contributed by atoms with Gasteiger partial charge >= 0.3 is 0 Å². The van der Waals surface area contributed by atoms with Gasteiger partial charge < -0.3 is 9.72 Å². The van der Waals surface area contributed by atoms with Crippen molar-refractivity contribution in [1.29, 1.82) is 0 Å². The lowest BCUT2D eigenvalue weighted by Crippen LogP contribution is -2.13. The maximum atomic E-state index is 5.57. The minimum absolute atomic E-state index is 0.981. The Morgan fingerprint density at radius 3 is 2.85 bits per heavy atom. The van der Waals surface area contributed by atoms with E-state index in [9.17, 15) is 0 Å². The second kappa shape index (κ2) is 5.31. The highest BCUT2D eigenvalue weighted by Crippen LogP contribution is 2.32. The maximum absolute atomic E-state index is 5.57. The van der Waals surface area contributed by atoms with E-state index in [1.165, 1.54) is 41.5 Å². The quantitative estimate of drug-likeness (QED) is 0.850. The summed E-state index contributed by atoms with van der Waals surface area (Å²) in [5.41, 5.74) is 5.50. The molecule has 0 saturated carbocycles. The van der Waals surface area contributed by atoms with Crippen molar-refractivity contribution < 1.29 is 9.31 Å². The molecule has 20 heavy (non-hydrogen) atoms. The third kappa shape index (κ3) is 2.11. The number of ether oxygens (including phenoxy) is 1. The van der Waals surface area contributed by atoms with Gasteiger partial charge in [0.15, 0.2) is 5.71 Å². The molecule has 0 bridgehead atoms. The summed E-state index contributed by atoms with van der Waals surface area (Å²) in [6.07, 6.45) is 4.58. The molecule has 3 heteroatoms. The van der Waals surface area contributed by atoms with Gasteiger partial charge in [-0.25, -0.2) is 4.58 Å². The van der Waals surface area contributed by atoms with Crippen LogP contribution in [0.5, 0.6) is 5.75 Å². The lowest BCUT2D eigenvalue weighted by atomic mass is 10.0. The van der Waals surface area contributed by atoms with Gasteiger partial charge in [0.1, 0.15) is 19.3 Å². The Bertz CT molecular complexity index is 667. The molecule has 0 atom stereocenters. The number of aromatic nitrogens is 1. The number of hydrogen-bond acceptors (Lipinski definition) is 1. The molecule has 2 heterocycles. The second-order valence-electron chi connectivity index (χ2n) is 5.59. The fourth-order valence-electron chi connectivity index (χ4n) is 3.30. The van der Waals surface area contributed by atoms with E-state index >= 15 is 0 Å². The first-order valence-corrected chi connectivity index (χ1v) is 7.46. The fourth-order valence-corrected chi connectivity index (χ4v) is 3.30. The highest BCUT2D eigenvalue weighted by atomic mass is 16.5. The summed E-state index contributed by atoms with van der Waals surface area (Å²) < 4.78 is 7.98. The van der Waals surface area contributed by atoms with Crippen LogP contribution in [0.2, 0.25) is 0 Å². The Balaban J connectivity index is 2.14. The topological polar surface area (TPSA) is 28.0 Å². The Kier molecular flexibility index (Phi) is 3.51. The van der Waals surface area contributed by atoms with Gasteiger partial charge in [-0.1, -0.05) is 13.0 Å². The molecule has 1 aromatic heterocycles. The number of rotatable bonds is 4. The molecule has 0 radical (unpaired) electrons. The number of hydrogen-bond donors (Lipinski definition) is 1. The third-order valence-electron chi connectivity index (χ3n) is 4.43. The van der Waals surface area contributed by atoms with Crippen molar-refractivity contribution in [1.82, 2.24) is 4.98 Å². The van der Waals surface area contributed by atoms with Crippen LogP contribution in [0.15, 0.2) is 18.2 Å². The summed E-state index contributed by atoms with van der Waals surface area (Å²) in [4.78, 5) is 3.57. The van der Waals surface area contributed by atoms with Gasteiger partial charge in [0.05, 0.1) is 13.5 Å². The van der Waals surface area contributed by atoms with Crippen LogP contribution in [0.3, 0.4) is 0 Å². The van der Waals surface area contributed by atoms with E-state index in [1.807, 2.05) is 0 Å². The molecule has 0 fully saturated rings. The van der Waals surface area contributed by atoms with Crippen molar-refractivity contribution in [3.8, 4) is 5.75 Å². The van der Waals surface area contributed by atoms with E-state index in [-0.39, 0.29) is 0 Å². The average molecular weight is 271 g/mol. The molecule has 1 aliphatic heterocycles. The minimum atomic E-state index is 0.981. The Morgan fingerprint density at radius 1 is 1.35 bits per heavy atom. The first-order chi connectivity index (χ1) is 9.74. The van der Waals surface area contributed by atoms with Crippen LogP contribution in [0.1, 0.15) is 31.0 Å². The van der Waals surface area contributed by atoms with Crippen LogP contribution in [0.4, 0.5) is 0 Å². The smallest absolute Gasteiger partial charge is 0.156 e. The van der Waals surface area contributed by atoms with Gasteiger partial charge in [-0.3, -0.25) is 0 Å². The molecule has 2 aromatic rings. The molecule has 0 unspecified atom stereocenters. The molecule has 3 nitrogen and oxygen atoms in total. The molecular formula is C17H23N2O+. The summed E-state index contributed by atoms with van der Waals surface area (Å²) in [5, 5.41) is 1.26. The van der Waals surface area contributed by atoms with Gasteiger partial charge in [0.2, 0.25) is 0 Å². The van der Waals surface area contributed by atoms with Crippen molar-refractivity contribution in [2.24, 2.45) is 0 Å². The largest absolute Gasteiger partial charge is 0.496 e. The van der Waals surface area contributed by atoms with Gasteiger partial charge in [-0.05, 0) is 24.1 Å². The summed E-state index contributed by atoms with van der Waals surface area (Å²) in [6.45, 7) is 3.40. The third-order valence-corrected chi connectivity index (χ3v) is 4.43. The summed E-state index contributed by atoms with van der Waals surface area (Å²) >= 11 is 0. The number of benzene rings is 1. The lowest BCUT2D eigenvalue weighted by Gasteiger charge is -2.05. The number of aryl methyl sites for hydroxylation is 1. The summed E-state index contributed by atoms with van der Waals surface area (Å²) in [6, 6.07) is 6.25. The SMILES string of the molecule is CCc1[nH]c2cccc(OC)c2c1CC1=[N+](C)CCC1. The van der Waals surface area contributed by atoms with E-state index in [2.05, 4.69) is 41.7 Å². The zero-order valence-electron chi connectivity index (χ0n) is 12.6. The zero-order valence-corrected chi connectivity index (χ0v) is 12.6. The molecule has 1 aromatic carbocycles. The predicted molar refractivity (Wildman–Crippen MR) is 83.2 cm³/mol. The van der Waals surface area contributed by atoms with E-state index in [0.29, 0.717) is 0 Å². The summed E-state index contributed by atoms with van der Waals surface area (Å²) in [7, 11) is 3.96. The van der Waals surface area contributed by atoms with E-state index < -0.39 is 0 Å². The minimum Gasteiger partial charge on any atom is -0.496 e. The van der Waals surface area contributed by atoms with Gasteiger partial charge in [-0.2, -0.15) is 0 Å². The number of H-pyrrole nitrogens is 1. The van der Waals surface area contributed by atoms with Crippen molar-refractivity contribution in [3.63, 3.8) is 0 Å². The van der Waals surface area contributed by atoms with E-state index in [1.54, 1.807) is 12.8 Å². The van der Waals surface area contributed by atoms with Crippen LogP contribution in [0, 0.1) is 0 Å². The van der Waals surface area contributed by atoms with Crippen LogP contribution < -0.4 is 4.74 Å². The van der Waals surface area contributed by atoms with Gasteiger partial charge in [-0.15, -0.1) is 0 Å². The number of methoxy groups -OCH3 is 1. The van der Waals surface area contributed by atoms with Crippen molar-refractivity contribution >= 4 is 16.6 Å². The Hall–Kier alpha value is -1.77. The molecule has 0 aliphatic carbocycles. The molecule has 106 valence electrons. The highest BCUT2D eigenvalue weighted by Gasteiger charge is 2.23. The molecule has 1 N–H and O–H groups in total. The molecular weight excluding hydrogens is 248 g/mol. The zero-order chi connectivity index (χ0) is 14.1. The Labute approximate surface area is 120 Å². The number of nitrogens with zero attached hydrogens (tertiary/aromatic N) is 1. The van der Waals surface area contributed by atoms with Crippen molar-refractivity contribution in [3.05, 3.63) is 29.5 Å². The number of aromatic amines is 1. The first-order valence-electron chi connectivity index (χ1n) is 7.46. The van der Waals surface area contributed by atoms with E-state index in [0.717, 1.165) is 18.6 Å². The standard InChI is InChI=1S/C17H23N2O/c1-4-14-13(11-12-7-6-10-19(12)2)17-15(18-14)8-5-9-16(17)20-3/h5,8-9,18H,4,6-7,10-11H2,1-3H3/q+1. The van der Waals surface area contributed by atoms with Crippen molar-refractivity contribution in [2.45, 2.75) is 32.6 Å². The number of nitrogens with one attached hydrogen (secondary N) is 1. The first kappa shape index (κ1) is 13.2. The van der Waals surface area contributed by atoms with Crippen molar-refractivity contribution in [2.75, 3.05) is 20.7 Å². The average Bonchev–Trinajstić information content (AvgIpc) is 3.03. The monoisotopic (exact) mass is 271 g/mol. The van der Waals surface area contributed by atoms with Crippen LogP contribution in [-0.4, -0.2) is 36.0 Å². The van der Waals surface area contributed by atoms with Gasteiger partial charge in [0.25, 0.3) is 0 Å². The fraction of sp³-hybridized carbons (Fsp3) is 0.471. The predicted octanol–water partition coefficient (Wildman–Crippen LogP) is 3.16. The lowest BCUT2D eigenvalue weighted by molar-refractivity contribution is -0.489. The van der Waals surface area contributed by atoms with E-state index in [4.69, 9.17) is 4.74 Å². The molecule has 1 aliphatic rings. The molecule has 3 rings (SSSR count). The van der Waals surface area contributed by atoms with Crippen LogP contribution >= 0.6 is 0 Å². The van der Waals surface area contributed by atoms with Crippen LogP contribution in [0.25, 0.3) is 10.9 Å². The highest BCUT2D eigenvalue weighted by molar-refractivity contribution is 5.95. The second-order valence-corrected chi connectivity index (χ2v) is 5.59. The normalized spacial score (nSPS) is 15.3.